The molecular weight excluding hydrogens is 182 g/mol. The van der Waals surface area contributed by atoms with Crippen molar-refractivity contribution in [3.8, 4) is 0 Å². The zero-order valence-corrected chi connectivity index (χ0v) is 10.2. The van der Waals surface area contributed by atoms with Crippen LogP contribution < -0.4 is 5.73 Å². The standard InChI is InChI=1S/C11H12.C2H6.CH5N/c1-2-4-10-9(3-1)5-6-11(10)7-8-11;2*1-2/h1-4H,5-8H2;1-2H3;2H2,1H3. The second kappa shape index (κ2) is 5.32. The Bertz CT molecular complexity index is 300. The second-order valence-corrected chi connectivity index (χ2v) is 3.94. The molecule has 1 saturated carbocycles. The van der Waals surface area contributed by atoms with Crippen molar-refractivity contribution in [3.63, 3.8) is 0 Å². The van der Waals surface area contributed by atoms with Gasteiger partial charge in [-0.2, -0.15) is 0 Å². The fourth-order valence-corrected chi connectivity index (χ4v) is 2.43. The van der Waals surface area contributed by atoms with Crippen LogP contribution in [0, 0.1) is 0 Å². The summed E-state index contributed by atoms with van der Waals surface area (Å²) >= 11 is 0. The van der Waals surface area contributed by atoms with E-state index < -0.39 is 0 Å². The van der Waals surface area contributed by atoms with Crippen LogP contribution in [-0.2, 0) is 11.8 Å². The first kappa shape index (κ1) is 12.3. The maximum atomic E-state index is 4.50. The minimum absolute atomic E-state index is 0.677. The van der Waals surface area contributed by atoms with Crippen molar-refractivity contribution < 1.29 is 0 Å². The average molecular weight is 205 g/mol. The average Bonchev–Trinajstić information content (AvgIpc) is 3.03. The van der Waals surface area contributed by atoms with E-state index in [0.29, 0.717) is 5.41 Å². The Morgan fingerprint density at radius 1 is 1.00 bits per heavy atom. The van der Waals surface area contributed by atoms with Crippen LogP contribution in [0.2, 0.25) is 0 Å². The number of hydrogen-bond donors (Lipinski definition) is 1. The molecule has 0 amide bonds. The minimum atomic E-state index is 0.677. The Morgan fingerprint density at radius 3 is 2.20 bits per heavy atom. The lowest BCUT2D eigenvalue weighted by Gasteiger charge is -2.05. The summed E-state index contributed by atoms with van der Waals surface area (Å²) in [6.45, 7) is 4.00. The van der Waals surface area contributed by atoms with Gasteiger partial charge in [0.15, 0.2) is 0 Å². The molecule has 0 atom stereocenters. The molecule has 0 unspecified atom stereocenters. The number of hydrogen-bond acceptors (Lipinski definition) is 1. The molecule has 2 N–H and O–H groups in total. The van der Waals surface area contributed by atoms with Crippen molar-refractivity contribution in [1.29, 1.82) is 0 Å². The quantitative estimate of drug-likeness (QED) is 0.691. The van der Waals surface area contributed by atoms with Crippen molar-refractivity contribution in [2.24, 2.45) is 5.73 Å². The molecular formula is C14H23N. The van der Waals surface area contributed by atoms with E-state index in [1.165, 1.54) is 32.7 Å². The molecule has 1 spiro atoms. The summed E-state index contributed by atoms with van der Waals surface area (Å²) in [7, 11) is 1.50. The molecule has 0 heterocycles. The van der Waals surface area contributed by atoms with Gasteiger partial charge in [0, 0.05) is 0 Å². The third kappa shape index (κ3) is 2.23. The van der Waals surface area contributed by atoms with E-state index in [4.69, 9.17) is 0 Å². The van der Waals surface area contributed by atoms with Crippen LogP contribution in [0.4, 0.5) is 0 Å². The van der Waals surface area contributed by atoms with Crippen LogP contribution in [0.1, 0.15) is 44.2 Å². The van der Waals surface area contributed by atoms with E-state index in [0.717, 1.165) is 0 Å². The number of nitrogens with two attached hydrogens (primary N) is 1. The third-order valence-electron chi connectivity index (χ3n) is 3.32. The molecule has 1 aromatic rings. The monoisotopic (exact) mass is 205 g/mol. The molecule has 0 bridgehead atoms. The molecule has 84 valence electrons. The summed E-state index contributed by atoms with van der Waals surface area (Å²) in [5, 5.41) is 0. The first-order valence-electron chi connectivity index (χ1n) is 6.07. The van der Waals surface area contributed by atoms with Gasteiger partial charge in [0.25, 0.3) is 0 Å². The van der Waals surface area contributed by atoms with Gasteiger partial charge in [-0.05, 0) is 49.3 Å². The van der Waals surface area contributed by atoms with Crippen LogP contribution in [-0.4, -0.2) is 7.05 Å². The highest BCUT2D eigenvalue weighted by Gasteiger charge is 2.47. The van der Waals surface area contributed by atoms with Crippen LogP contribution in [0.25, 0.3) is 0 Å². The van der Waals surface area contributed by atoms with Gasteiger partial charge >= 0.3 is 0 Å². The fraction of sp³-hybridized carbons (Fsp3) is 0.571. The molecule has 0 radical (unpaired) electrons. The van der Waals surface area contributed by atoms with Gasteiger partial charge in [0.05, 0.1) is 0 Å². The summed E-state index contributed by atoms with van der Waals surface area (Å²) in [5.41, 5.74) is 8.46. The summed E-state index contributed by atoms with van der Waals surface area (Å²) in [6.07, 6.45) is 5.65. The zero-order chi connectivity index (χ0) is 11.3. The molecule has 2 aliphatic carbocycles. The van der Waals surface area contributed by atoms with E-state index in [1.54, 1.807) is 11.1 Å². The molecule has 1 heteroatoms. The first-order valence-corrected chi connectivity index (χ1v) is 6.07. The molecule has 1 fully saturated rings. The maximum absolute atomic E-state index is 4.50. The molecule has 1 aromatic carbocycles. The number of rotatable bonds is 0. The smallest absolute Gasteiger partial charge is 0.00404 e. The van der Waals surface area contributed by atoms with Crippen LogP contribution >= 0.6 is 0 Å². The molecule has 15 heavy (non-hydrogen) atoms. The van der Waals surface area contributed by atoms with Crippen molar-refractivity contribution >= 4 is 0 Å². The Hall–Kier alpha value is -0.820. The van der Waals surface area contributed by atoms with Gasteiger partial charge in [-0.1, -0.05) is 38.1 Å². The highest BCUT2D eigenvalue weighted by atomic mass is 14.5. The zero-order valence-electron chi connectivity index (χ0n) is 10.2. The number of aryl methyl sites for hydroxylation is 1. The summed E-state index contributed by atoms with van der Waals surface area (Å²) in [5.74, 6) is 0. The Kier molecular flexibility index (Phi) is 4.34. The molecule has 3 rings (SSSR count). The van der Waals surface area contributed by atoms with Crippen LogP contribution in [0.15, 0.2) is 24.3 Å². The maximum Gasteiger partial charge on any atom is -0.00404 e. The summed E-state index contributed by atoms with van der Waals surface area (Å²) < 4.78 is 0. The molecule has 0 aliphatic heterocycles. The van der Waals surface area contributed by atoms with Crippen molar-refractivity contribution in [2.45, 2.75) is 44.9 Å². The Morgan fingerprint density at radius 2 is 1.60 bits per heavy atom. The highest BCUT2D eigenvalue weighted by Crippen LogP contribution is 2.56. The van der Waals surface area contributed by atoms with E-state index >= 15 is 0 Å². The van der Waals surface area contributed by atoms with Gasteiger partial charge in [-0.15, -0.1) is 0 Å². The number of fused-ring (bicyclic) bond motifs is 2. The lowest BCUT2D eigenvalue weighted by Crippen LogP contribution is -1.98. The van der Waals surface area contributed by atoms with Gasteiger partial charge in [0.1, 0.15) is 0 Å². The van der Waals surface area contributed by atoms with Crippen molar-refractivity contribution in [3.05, 3.63) is 35.4 Å². The lowest BCUT2D eigenvalue weighted by molar-refractivity contribution is 0.681. The van der Waals surface area contributed by atoms with Crippen molar-refractivity contribution in [2.75, 3.05) is 7.05 Å². The number of benzene rings is 1. The summed E-state index contributed by atoms with van der Waals surface area (Å²) in [4.78, 5) is 0. The van der Waals surface area contributed by atoms with E-state index in [2.05, 4.69) is 30.0 Å². The molecule has 1 nitrogen and oxygen atoms in total. The largest absolute Gasteiger partial charge is 0.333 e. The lowest BCUT2D eigenvalue weighted by atomic mass is 9.99. The summed E-state index contributed by atoms with van der Waals surface area (Å²) in [6, 6.07) is 8.97. The van der Waals surface area contributed by atoms with Crippen LogP contribution in [0.5, 0.6) is 0 Å². The van der Waals surface area contributed by atoms with Gasteiger partial charge in [0.2, 0.25) is 0 Å². The van der Waals surface area contributed by atoms with Crippen LogP contribution in [0.3, 0.4) is 0 Å². The SMILES string of the molecule is CC.CN.c1ccc2c(c1)CCC21CC1. The molecule has 0 saturated heterocycles. The molecule has 2 aliphatic rings. The third-order valence-corrected chi connectivity index (χ3v) is 3.32. The van der Waals surface area contributed by atoms with Gasteiger partial charge in [-0.25, -0.2) is 0 Å². The predicted molar refractivity (Wildman–Crippen MR) is 67.1 cm³/mol. The van der Waals surface area contributed by atoms with Gasteiger partial charge < -0.3 is 5.73 Å². The fourth-order valence-electron chi connectivity index (χ4n) is 2.43. The second-order valence-electron chi connectivity index (χ2n) is 3.94. The van der Waals surface area contributed by atoms with Gasteiger partial charge in [-0.3, -0.25) is 0 Å². The first-order chi connectivity index (χ1) is 7.41. The highest BCUT2D eigenvalue weighted by molar-refractivity contribution is 5.43. The van der Waals surface area contributed by atoms with Crippen molar-refractivity contribution in [1.82, 2.24) is 0 Å². The van der Waals surface area contributed by atoms with E-state index in [9.17, 15) is 0 Å². The predicted octanol–water partition coefficient (Wildman–Crippen LogP) is 3.27. The molecule has 0 aromatic heterocycles. The Balaban J connectivity index is 0.000000255. The Labute approximate surface area is 93.7 Å². The van der Waals surface area contributed by atoms with E-state index in [1.807, 2.05) is 13.8 Å². The topological polar surface area (TPSA) is 26.0 Å². The minimum Gasteiger partial charge on any atom is -0.333 e. The van der Waals surface area contributed by atoms with E-state index in [-0.39, 0.29) is 0 Å². The normalized spacial score (nSPS) is 18.1.